The Labute approximate surface area is 109 Å². The Balaban J connectivity index is 0. The monoisotopic (exact) mass is 240 g/mol. The molecule has 0 amide bonds. The van der Waals surface area contributed by atoms with E-state index < -0.39 is 0 Å². The van der Waals surface area contributed by atoms with Crippen LogP contribution in [0, 0.1) is 0 Å². The van der Waals surface area contributed by atoms with Gasteiger partial charge in [-0.3, -0.25) is 0 Å². The molecule has 0 aromatic heterocycles. The van der Waals surface area contributed by atoms with Gasteiger partial charge in [0.1, 0.15) is 0 Å². The second-order valence-electron chi connectivity index (χ2n) is 3.37. The van der Waals surface area contributed by atoms with Gasteiger partial charge in [-0.1, -0.05) is 38.9 Å². The van der Waals surface area contributed by atoms with Crippen LogP contribution in [0.4, 0.5) is 0 Å². The molecule has 0 heterocycles. The van der Waals surface area contributed by atoms with Crippen molar-refractivity contribution in [3.8, 4) is 0 Å². The second kappa shape index (κ2) is 20.2. The maximum atomic E-state index is 5.39. The van der Waals surface area contributed by atoms with Crippen LogP contribution in [0.1, 0.15) is 40.0 Å². The molecule has 0 fully saturated rings. The first-order valence-corrected chi connectivity index (χ1v) is 9.11. The third-order valence-electron chi connectivity index (χ3n) is 1.82. The highest BCUT2D eigenvalue weighted by atomic mass is 27.1. The summed E-state index contributed by atoms with van der Waals surface area (Å²) < 4.78 is 5.39. The molecular weight excluding hydrogens is 214 g/mol. The summed E-state index contributed by atoms with van der Waals surface area (Å²) in [6.07, 6.45) is 5.73. The van der Waals surface area contributed by atoms with Gasteiger partial charge in [0, 0.05) is 6.61 Å². The standard InChI is InChI=1S/C5H11O.C3H5.2C2H5.2Al/c1-2-3-4-5-6;1-3-2;2*1-2;;/h2-5H2,1H3;3H,1-2H2;2*1H2,2H3;;/q-1;;;;;+1. The van der Waals surface area contributed by atoms with E-state index in [1.54, 1.807) is 0 Å². The van der Waals surface area contributed by atoms with E-state index in [-0.39, 0.29) is 15.6 Å². The van der Waals surface area contributed by atoms with Crippen LogP contribution in [0.3, 0.4) is 0 Å². The Morgan fingerprint density at radius 3 is 2.20 bits per heavy atom. The lowest BCUT2D eigenvalue weighted by atomic mass is 10.3. The average Bonchev–Trinajstić information content (AvgIpc) is 2.25. The van der Waals surface area contributed by atoms with Crippen molar-refractivity contribution in [1.82, 2.24) is 0 Å². The Bertz CT molecular complexity index is 106. The maximum absolute atomic E-state index is 5.39. The van der Waals surface area contributed by atoms with E-state index in [0.717, 1.165) is 27.1 Å². The first kappa shape index (κ1) is 18.1. The number of rotatable bonds is 9. The fourth-order valence-corrected chi connectivity index (χ4v) is 2.13. The molecule has 2 radical (unpaired) electrons. The van der Waals surface area contributed by atoms with Crippen molar-refractivity contribution < 1.29 is 3.79 Å². The minimum Gasteiger partial charge on any atom is -0.507 e. The van der Waals surface area contributed by atoms with Crippen molar-refractivity contribution in [3.63, 3.8) is 0 Å². The van der Waals surface area contributed by atoms with Gasteiger partial charge in [-0.05, 0) is 6.42 Å². The van der Waals surface area contributed by atoms with E-state index in [2.05, 4.69) is 27.4 Å². The molecule has 86 valence electrons. The van der Waals surface area contributed by atoms with Crippen LogP contribution in [0.25, 0.3) is 0 Å². The van der Waals surface area contributed by atoms with Gasteiger partial charge in [-0.15, -0.1) is 23.2 Å². The zero-order chi connectivity index (χ0) is 11.8. The predicted molar refractivity (Wildman–Crippen MR) is 73.0 cm³/mol. The average molecular weight is 240 g/mol. The van der Waals surface area contributed by atoms with Gasteiger partial charge in [-0.2, -0.15) is 0 Å². The maximum Gasteiger partial charge on any atom is 0.427 e. The molecule has 0 aliphatic heterocycles. The van der Waals surface area contributed by atoms with Crippen LogP contribution in [-0.4, -0.2) is 37.4 Å². The van der Waals surface area contributed by atoms with E-state index >= 15 is 0 Å². The van der Waals surface area contributed by atoms with E-state index in [1.807, 2.05) is 6.08 Å². The van der Waals surface area contributed by atoms with Crippen LogP contribution >= 0.6 is 0 Å². The number of unbranched alkanes of at least 4 members (excludes halogenated alkanes) is 2. The first-order valence-electron chi connectivity index (χ1n) is 6.19. The molecule has 0 aliphatic carbocycles. The predicted octanol–water partition coefficient (Wildman–Crippen LogP) is 3.98. The van der Waals surface area contributed by atoms with Crippen molar-refractivity contribution in [1.29, 1.82) is 0 Å². The van der Waals surface area contributed by atoms with Crippen LogP contribution in [0.2, 0.25) is 15.8 Å². The minimum absolute atomic E-state index is 0.195. The molecule has 15 heavy (non-hydrogen) atoms. The van der Waals surface area contributed by atoms with Gasteiger partial charge in [-0.25, -0.2) is 0 Å². The van der Waals surface area contributed by atoms with Crippen LogP contribution in [0.15, 0.2) is 12.7 Å². The Hall–Kier alpha value is 0.765. The molecule has 0 unspecified atom stereocenters. The molecule has 0 atom stereocenters. The molecule has 0 saturated carbocycles. The minimum atomic E-state index is 0.195. The highest BCUT2D eigenvalue weighted by Crippen LogP contribution is 1.93. The van der Waals surface area contributed by atoms with E-state index in [1.165, 1.54) is 29.8 Å². The third-order valence-corrected chi connectivity index (χ3v) is 3.98. The largest absolute Gasteiger partial charge is 0.507 e. The molecule has 0 bridgehead atoms. The summed E-state index contributed by atoms with van der Waals surface area (Å²) in [6, 6.07) is 0. The lowest BCUT2D eigenvalue weighted by molar-refractivity contribution is 0.324. The van der Waals surface area contributed by atoms with Crippen molar-refractivity contribution in [3.05, 3.63) is 12.7 Å². The summed E-state index contributed by atoms with van der Waals surface area (Å²) in [5.41, 5.74) is 0. The number of hydrogen-bond acceptors (Lipinski definition) is 1. The summed E-state index contributed by atoms with van der Waals surface area (Å²) in [6.45, 7) is 11.3. The molecule has 0 saturated heterocycles. The number of hydrogen-bond donors (Lipinski definition) is 0. The van der Waals surface area contributed by atoms with Gasteiger partial charge < -0.3 is 3.79 Å². The van der Waals surface area contributed by atoms with Crippen LogP contribution in [0.5, 0.6) is 0 Å². The van der Waals surface area contributed by atoms with Crippen LogP contribution < -0.4 is 0 Å². The summed E-state index contributed by atoms with van der Waals surface area (Å²) in [5, 5.41) is 3.92. The Morgan fingerprint density at radius 2 is 1.80 bits per heavy atom. The highest BCUT2D eigenvalue weighted by Gasteiger charge is 1.89. The molecule has 0 spiro atoms. The van der Waals surface area contributed by atoms with Crippen molar-refractivity contribution in [2.24, 2.45) is 0 Å². The van der Waals surface area contributed by atoms with Crippen molar-refractivity contribution >= 4 is 30.8 Å². The second-order valence-corrected chi connectivity index (χ2v) is 6.72. The van der Waals surface area contributed by atoms with E-state index in [4.69, 9.17) is 3.79 Å². The molecule has 0 aliphatic rings. The molecule has 0 aromatic rings. The van der Waals surface area contributed by atoms with Crippen LogP contribution in [-0.2, 0) is 3.79 Å². The quantitative estimate of drug-likeness (QED) is 0.336. The summed E-state index contributed by atoms with van der Waals surface area (Å²) in [7, 11) is 0. The van der Waals surface area contributed by atoms with Gasteiger partial charge in [0.25, 0.3) is 0 Å². The molecule has 3 heteroatoms. The topological polar surface area (TPSA) is 9.23 Å². The van der Waals surface area contributed by atoms with Gasteiger partial charge >= 0.3 is 15.6 Å². The molecule has 1 nitrogen and oxygen atoms in total. The Kier molecular flexibility index (Phi) is 24.4. The fourth-order valence-electron chi connectivity index (χ4n) is 0.943. The molecule has 0 rings (SSSR count). The summed E-state index contributed by atoms with van der Waals surface area (Å²) >= 11 is 1.01. The Morgan fingerprint density at radius 1 is 1.13 bits per heavy atom. The van der Waals surface area contributed by atoms with Gasteiger partial charge in [0.15, 0.2) is 15.2 Å². The molecule has 0 N–H and O–H groups in total. The fraction of sp³-hybridized carbons (Fsp3) is 0.833. The SMILES string of the molecule is C=C[CH2][Al][O]CCCCC.C[CH2][Al][CH2]C. The third kappa shape index (κ3) is 25.2. The van der Waals surface area contributed by atoms with Crippen molar-refractivity contribution in [2.45, 2.75) is 55.9 Å². The normalized spacial score (nSPS) is 8.73. The zero-order valence-electron chi connectivity index (χ0n) is 10.8. The summed E-state index contributed by atoms with van der Waals surface area (Å²) in [4.78, 5) is 0. The van der Waals surface area contributed by atoms with Gasteiger partial charge in [0.2, 0.25) is 0 Å². The lowest BCUT2D eigenvalue weighted by Crippen LogP contribution is -1.98. The van der Waals surface area contributed by atoms with Crippen molar-refractivity contribution in [2.75, 3.05) is 6.61 Å². The molecular formula is C12H26Al2O. The number of allylic oxidation sites excluding steroid dienone is 1. The van der Waals surface area contributed by atoms with E-state index in [0.29, 0.717) is 0 Å². The smallest absolute Gasteiger partial charge is 0.427 e. The highest BCUT2D eigenvalue weighted by molar-refractivity contribution is 6.34. The first-order chi connectivity index (χ1) is 7.33. The summed E-state index contributed by atoms with van der Waals surface area (Å²) in [5.74, 6) is 0. The zero-order valence-corrected chi connectivity index (χ0v) is 13.1. The van der Waals surface area contributed by atoms with Gasteiger partial charge in [0.05, 0.1) is 0 Å². The van der Waals surface area contributed by atoms with E-state index in [9.17, 15) is 0 Å². The lowest BCUT2D eigenvalue weighted by Gasteiger charge is -1.99. The molecule has 0 aromatic carbocycles.